The van der Waals surface area contributed by atoms with E-state index < -0.39 is 19.0 Å². The maximum absolute atomic E-state index is 11.7. The number of H-pyrrole nitrogens is 1. The molecule has 26 heavy (non-hydrogen) atoms. The van der Waals surface area contributed by atoms with Gasteiger partial charge in [0.1, 0.15) is 0 Å². The van der Waals surface area contributed by atoms with Gasteiger partial charge in [0, 0.05) is 19.9 Å². The van der Waals surface area contributed by atoms with Crippen molar-refractivity contribution in [2.45, 2.75) is 18.9 Å². The summed E-state index contributed by atoms with van der Waals surface area (Å²) in [4.78, 5) is 28.7. The van der Waals surface area contributed by atoms with Gasteiger partial charge >= 0.3 is 0 Å². The minimum absolute atomic E-state index is 0.0290. The molecule has 12 nitrogen and oxygen atoms in total. The molecular formula is C13H23N6O6P. The van der Waals surface area contributed by atoms with Gasteiger partial charge in [-0.25, -0.2) is 0 Å². The Morgan fingerprint density at radius 1 is 1.46 bits per heavy atom. The zero-order valence-corrected chi connectivity index (χ0v) is 15.2. The van der Waals surface area contributed by atoms with E-state index in [1.54, 1.807) is 0 Å². The molecule has 0 amide bonds. The van der Waals surface area contributed by atoms with Crippen LogP contribution in [0.2, 0.25) is 0 Å². The molecule has 1 aliphatic heterocycles. The zero-order valence-electron chi connectivity index (χ0n) is 14.3. The third-order valence-electron chi connectivity index (χ3n) is 3.67. The van der Waals surface area contributed by atoms with Crippen LogP contribution in [-0.4, -0.2) is 60.2 Å². The molecule has 0 spiro atoms. The van der Waals surface area contributed by atoms with E-state index in [1.807, 2.05) is 0 Å². The normalized spacial score (nSPS) is 16.6. The Kier molecular flexibility index (Phi) is 7.12. The van der Waals surface area contributed by atoms with E-state index in [-0.39, 0.29) is 36.8 Å². The van der Waals surface area contributed by atoms with Crippen LogP contribution in [0.25, 0.3) is 0 Å². The molecule has 1 aliphatic rings. The number of anilines is 3. The van der Waals surface area contributed by atoms with E-state index in [0.29, 0.717) is 25.5 Å². The SMILES string of the molecule is COP(=O)(C=O)CCCCOCC(O)CN1NNc2c1nc(N)[nH]c2=O. The van der Waals surface area contributed by atoms with Crippen LogP contribution in [0.4, 0.5) is 17.5 Å². The molecule has 0 fully saturated rings. The average Bonchev–Trinajstić information content (AvgIpc) is 3.00. The first-order chi connectivity index (χ1) is 12.4. The van der Waals surface area contributed by atoms with E-state index in [2.05, 4.69) is 20.9 Å². The number of ether oxygens (including phenoxy) is 1. The van der Waals surface area contributed by atoms with Gasteiger partial charge in [-0.3, -0.25) is 29.6 Å². The number of nitrogens with two attached hydrogens (primary N) is 1. The molecule has 2 atom stereocenters. The highest BCUT2D eigenvalue weighted by atomic mass is 31.2. The molecule has 0 saturated carbocycles. The number of aliphatic hydroxyl groups excluding tert-OH is 1. The number of nitrogens with one attached hydrogen (secondary N) is 3. The molecule has 0 bridgehead atoms. The van der Waals surface area contributed by atoms with Crippen molar-refractivity contribution in [3.05, 3.63) is 10.4 Å². The van der Waals surface area contributed by atoms with Crippen molar-refractivity contribution in [3.63, 3.8) is 0 Å². The lowest BCUT2D eigenvalue weighted by Gasteiger charge is -2.20. The standard InChI is InChI=1S/C13H23N6O6P/c1-24-26(23,8-20)5-3-2-4-25-7-9(21)6-19-11-10(17-18-19)12(22)16-13(14)15-11/h8-9,17-18,21H,2-7H2,1H3,(H3,14,15,16,22). The highest BCUT2D eigenvalue weighted by Gasteiger charge is 2.25. The van der Waals surface area contributed by atoms with Crippen molar-refractivity contribution in [1.29, 1.82) is 0 Å². The van der Waals surface area contributed by atoms with Gasteiger partial charge in [0.2, 0.25) is 12.0 Å². The average molecular weight is 390 g/mol. The van der Waals surface area contributed by atoms with E-state index in [4.69, 9.17) is 15.0 Å². The summed E-state index contributed by atoms with van der Waals surface area (Å²) in [5.74, 6) is 0.258. The van der Waals surface area contributed by atoms with Crippen LogP contribution in [0.1, 0.15) is 12.8 Å². The number of hydrazine groups is 2. The van der Waals surface area contributed by atoms with E-state index in [0.717, 1.165) is 0 Å². The second-order valence-corrected chi connectivity index (χ2v) is 8.15. The molecule has 0 aromatic carbocycles. The first-order valence-corrected chi connectivity index (χ1v) is 9.82. The molecule has 1 aromatic heterocycles. The third-order valence-corrected chi connectivity index (χ3v) is 5.55. The van der Waals surface area contributed by atoms with E-state index in [1.165, 1.54) is 12.1 Å². The fourth-order valence-corrected chi connectivity index (χ4v) is 3.34. The van der Waals surface area contributed by atoms with Gasteiger partial charge in [-0.05, 0) is 12.8 Å². The summed E-state index contributed by atoms with van der Waals surface area (Å²) in [6.45, 7) is 0.508. The number of aliphatic hydroxyl groups is 1. The first kappa shape index (κ1) is 20.3. The molecule has 0 radical (unpaired) electrons. The zero-order chi connectivity index (χ0) is 19.2. The van der Waals surface area contributed by atoms with Crippen LogP contribution in [0, 0.1) is 0 Å². The monoisotopic (exact) mass is 390 g/mol. The Labute approximate surface area is 149 Å². The molecule has 13 heteroatoms. The predicted octanol–water partition coefficient (Wildman–Crippen LogP) is -0.724. The second kappa shape index (κ2) is 9.10. The van der Waals surface area contributed by atoms with Crippen LogP contribution in [0.15, 0.2) is 4.79 Å². The number of fused-ring (bicyclic) bond motifs is 1. The Hall–Kier alpha value is -1.98. The molecule has 0 saturated heterocycles. The van der Waals surface area contributed by atoms with Gasteiger partial charge in [0.25, 0.3) is 12.9 Å². The van der Waals surface area contributed by atoms with Crippen LogP contribution in [-0.2, 0) is 18.6 Å². The Morgan fingerprint density at radius 2 is 2.23 bits per heavy atom. The number of hydrogen-bond donors (Lipinski definition) is 5. The van der Waals surface area contributed by atoms with E-state index in [9.17, 15) is 19.3 Å². The fourth-order valence-electron chi connectivity index (χ4n) is 2.30. The smallest absolute Gasteiger partial charge is 0.279 e. The Balaban J connectivity index is 1.70. The van der Waals surface area contributed by atoms with Crippen molar-refractivity contribution >= 4 is 30.8 Å². The quantitative estimate of drug-likeness (QED) is 0.183. The lowest BCUT2D eigenvalue weighted by molar-refractivity contribution is 0.0385. The minimum atomic E-state index is -3.16. The van der Waals surface area contributed by atoms with Crippen molar-refractivity contribution in [1.82, 2.24) is 15.5 Å². The second-order valence-electron chi connectivity index (χ2n) is 5.67. The van der Waals surface area contributed by atoms with Gasteiger partial charge in [-0.2, -0.15) is 4.98 Å². The van der Waals surface area contributed by atoms with E-state index >= 15 is 0 Å². The molecule has 1 aromatic rings. The lowest BCUT2D eigenvalue weighted by atomic mass is 10.3. The Bertz CT molecular complexity index is 728. The molecule has 2 heterocycles. The maximum atomic E-state index is 11.7. The minimum Gasteiger partial charge on any atom is -0.389 e. The topological polar surface area (TPSA) is 172 Å². The Morgan fingerprint density at radius 3 is 2.92 bits per heavy atom. The fraction of sp³-hybridized carbons (Fsp3) is 0.615. The van der Waals surface area contributed by atoms with Crippen molar-refractivity contribution in [2.75, 3.05) is 49.2 Å². The molecule has 6 N–H and O–H groups in total. The van der Waals surface area contributed by atoms with Gasteiger partial charge in [-0.1, -0.05) is 0 Å². The number of hydrogen-bond acceptors (Lipinski definition) is 11. The van der Waals surface area contributed by atoms with Crippen molar-refractivity contribution in [2.24, 2.45) is 0 Å². The number of nitrogens with zero attached hydrogens (tertiary/aromatic N) is 2. The number of aromatic nitrogens is 2. The number of unbranched alkanes of at least 4 members (excludes halogenated alkanes) is 1. The summed E-state index contributed by atoms with van der Waals surface area (Å²) >= 11 is 0. The largest absolute Gasteiger partial charge is 0.389 e. The van der Waals surface area contributed by atoms with Gasteiger partial charge in [0.15, 0.2) is 11.5 Å². The lowest BCUT2D eigenvalue weighted by Crippen LogP contribution is -2.43. The van der Waals surface area contributed by atoms with Crippen LogP contribution in [0.5, 0.6) is 0 Å². The number of β-amino-alcohol motifs (C(OH)–C–C–N with tert-alkyl or cyclic N) is 1. The number of rotatable bonds is 11. The maximum Gasteiger partial charge on any atom is 0.279 e. The van der Waals surface area contributed by atoms with Gasteiger partial charge in [0.05, 0.1) is 19.3 Å². The molecular weight excluding hydrogens is 367 g/mol. The molecule has 2 unspecified atom stereocenters. The molecule has 2 rings (SSSR count). The summed E-state index contributed by atoms with van der Waals surface area (Å²) in [6.07, 6.45) is 0.406. The number of aromatic amines is 1. The summed E-state index contributed by atoms with van der Waals surface area (Å²) in [5, 5.41) is 11.5. The summed E-state index contributed by atoms with van der Waals surface area (Å²) in [5.41, 5.74) is 10.7. The number of carbonyl (C=O) groups is 1. The van der Waals surface area contributed by atoms with Gasteiger partial charge in [-0.15, -0.1) is 5.53 Å². The van der Waals surface area contributed by atoms with Crippen LogP contribution < -0.4 is 27.3 Å². The van der Waals surface area contributed by atoms with Crippen LogP contribution in [0.3, 0.4) is 0 Å². The van der Waals surface area contributed by atoms with Gasteiger partial charge < -0.3 is 20.1 Å². The summed E-state index contributed by atoms with van der Waals surface area (Å²) in [7, 11) is -1.91. The number of nitrogen functional groups attached to an aromatic ring is 1. The number of carbonyl (C=O) groups excluding carboxylic acids is 1. The van der Waals surface area contributed by atoms with Crippen molar-refractivity contribution in [3.8, 4) is 0 Å². The third kappa shape index (κ3) is 5.26. The molecule has 146 valence electrons. The first-order valence-electron chi connectivity index (χ1n) is 7.94. The van der Waals surface area contributed by atoms with Crippen molar-refractivity contribution < 1.29 is 23.7 Å². The predicted molar refractivity (Wildman–Crippen MR) is 95.7 cm³/mol. The summed E-state index contributed by atoms with van der Waals surface area (Å²) < 4.78 is 21.8. The highest BCUT2D eigenvalue weighted by molar-refractivity contribution is 7.73. The molecule has 0 aliphatic carbocycles. The highest BCUT2D eigenvalue weighted by Crippen LogP contribution is 2.43. The van der Waals surface area contributed by atoms with Crippen LogP contribution >= 0.6 is 7.37 Å². The summed E-state index contributed by atoms with van der Waals surface area (Å²) in [6, 6.07) is 0.360.